The molecule has 0 aliphatic heterocycles. The largest absolute Gasteiger partial charge is 0.493 e. The second-order valence-electron chi connectivity index (χ2n) is 3.55. The number of hydrogen-bond acceptors (Lipinski definition) is 3. The summed E-state index contributed by atoms with van der Waals surface area (Å²) in [6, 6.07) is 2.78. The number of hydrogen-bond donors (Lipinski definition) is 1. The first kappa shape index (κ1) is 13.3. The zero-order valence-electron chi connectivity index (χ0n) is 9.83. The standard InChI is InChI=1S/C12H15FO4/c1-16-10-6-8(4-3-5-12(14)15)9(13)7-11(10)17-2/h6-7H,3-5H2,1-2H3,(H,14,15). The van der Waals surface area contributed by atoms with E-state index in [2.05, 4.69) is 0 Å². The van der Waals surface area contributed by atoms with Crippen molar-refractivity contribution in [2.45, 2.75) is 19.3 Å². The first-order chi connectivity index (χ1) is 8.08. The number of carboxylic acids is 1. The fourth-order valence-corrected chi connectivity index (χ4v) is 1.52. The Bertz CT molecular complexity index is 404. The molecule has 0 fully saturated rings. The highest BCUT2D eigenvalue weighted by Crippen LogP contribution is 2.30. The van der Waals surface area contributed by atoms with Crippen molar-refractivity contribution in [2.24, 2.45) is 0 Å². The Balaban J connectivity index is 2.81. The normalized spacial score (nSPS) is 10.1. The number of rotatable bonds is 6. The van der Waals surface area contributed by atoms with Gasteiger partial charge in [0.1, 0.15) is 5.82 Å². The van der Waals surface area contributed by atoms with E-state index in [0.717, 1.165) is 0 Å². The lowest BCUT2D eigenvalue weighted by atomic mass is 10.1. The zero-order valence-corrected chi connectivity index (χ0v) is 9.83. The van der Waals surface area contributed by atoms with Crippen LogP contribution in [0.3, 0.4) is 0 Å². The van der Waals surface area contributed by atoms with Crippen LogP contribution in [0, 0.1) is 5.82 Å². The van der Waals surface area contributed by atoms with Crippen LogP contribution in [0.4, 0.5) is 4.39 Å². The molecule has 0 bridgehead atoms. The van der Waals surface area contributed by atoms with Gasteiger partial charge in [-0.05, 0) is 24.5 Å². The molecule has 0 aliphatic carbocycles. The molecule has 4 nitrogen and oxygen atoms in total. The minimum Gasteiger partial charge on any atom is -0.493 e. The molecular formula is C12H15FO4. The highest BCUT2D eigenvalue weighted by atomic mass is 19.1. The summed E-state index contributed by atoms with van der Waals surface area (Å²) in [5.74, 6) is -0.523. The van der Waals surface area contributed by atoms with E-state index in [1.54, 1.807) is 0 Å². The van der Waals surface area contributed by atoms with Crippen molar-refractivity contribution in [1.29, 1.82) is 0 Å². The van der Waals surface area contributed by atoms with E-state index in [-0.39, 0.29) is 6.42 Å². The average molecular weight is 242 g/mol. The molecule has 5 heteroatoms. The van der Waals surface area contributed by atoms with E-state index >= 15 is 0 Å². The summed E-state index contributed by atoms with van der Waals surface area (Å²) in [5, 5.41) is 8.51. The van der Waals surface area contributed by atoms with Crippen LogP contribution in [-0.4, -0.2) is 25.3 Å². The Morgan fingerprint density at radius 2 is 1.88 bits per heavy atom. The maximum absolute atomic E-state index is 13.6. The van der Waals surface area contributed by atoms with Crippen LogP contribution in [0.2, 0.25) is 0 Å². The van der Waals surface area contributed by atoms with Gasteiger partial charge in [-0.2, -0.15) is 0 Å². The van der Waals surface area contributed by atoms with Gasteiger partial charge in [0.25, 0.3) is 0 Å². The quantitative estimate of drug-likeness (QED) is 0.831. The van der Waals surface area contributed by atoms with E-state index in [0.29, 0.717) is 29.9 Å². The fourth-order valence-electron chi connectivity index (χ4n) is 1.52. The van der Waals surface area contributed by atoms with Gasteiger partial charge in [-0.25, -0.2) is 4.39 Å². The molecule has 0 saturated heterocycles. The average Bonchev–Trinajstić information content (AvgIpc) is 2.30. The van der Waals surface area contributed by atoms with Gasteiger partial charge >= 0.3 is 5.97 Å². The van der Waals surface area contributed by atoms with Gasteiger partial charge in [-0.1, -0.05) is 0 Å². The summed E-state index contributed by atoms with van der Waals surface area (Å²) in [5.41, 5.74) is 0.434. The molecule has 1 aromatic rings. The van der Waals surface area contributed by atoms with Gasteiger partial charge in [-0.3, -0.25) is 4.79 Å². The molecular weight excluding hydrogens is 227 g/mol. The van der Waals surface area contributed by atoms with Crippen LogP contribution in [0.15, 0.2) is 12.1 Å². The van der Waals surface area contributed by atoms with Crippen molar-refractivity contribution in [3.63, 3.8) is 0 Å². The molecule has 1 rings (SSSR count). The third-order valence-corrected chi connectivity index (χ3v) is 2.39. The smallest absolute Gasteiger partial charge is 0.303 e. The van der Waals surface area contributed by atoms with Crippen LogP contribution < -0.4 is 9.47 Å². The summed E-state index contributed by atoms with van der Waals surface area (Å²) in [7, 11) is 2.90. The number of carboxylic acid groups (broad SMARTS) is 1. The van der Waals surface area contributed by atoms with E-state index in [4.69, 9.17) is 14.6 Å². The molecule has 94 valence electrons. The second-order valence-corrected chi connectivity index (χ2v) is 3.55. The van der Waals surface area contributed by atoms with Crippen molar-refractivity contribution in [3.05, 3.63) is 23.5 Å². The van der Waals surface area contributed by atoms with Crippen LogP contribution in [0.5, 0.6) is 11.5 Å². The maximum atomic E-state index is 13.6. The summed E-state index contributed by atoms with van der Waals surface area (Å²) in [4.78, 5) is 10.4. The molecule has 0 spiro atoms. The van der Waals surface area contributed by atoms with Crippen LogP contribution in [0.1, 0.15) is 18.4 Å². The van der Waals surface area contributed by atoms with Crippen LogP contribution in [-0.2, 0) is 11.2 Å². The minimum atomic E-state index is -0.883. The number of benzene rings is 1. The molecule has 0 heterocycles. The van der Waals surface area contributed by atoms with Crippen molar-refractivity contribution in [1.82, 2.24) is 0 Å². The van der Waals surface area contributed by atoms with Gasteiger partial charge in [0.2, 0.25) is 0 Å². The lowest BCUT2D eigenvalue weighted by Gasteiger charge is -2.10. The first-order valence-corrected chi connectivity index (χ1v) is 5.20. The number of methoxy groups -OCH3 is 2. The third-order valence-electron chi connectivity index (χ3n) is 2.39. The summed E-state index contributed by atoms with van der Waals surface area (Å²) in [6.45, 7) is 0. The summed E-state index contributed by atoms with van der Waals surface area (Å²) >= 11 is 0. The SMILES string of the molecule is COc1cc(F)c(CCCC(=O)O)cc1OC. The molecule has 17 heavy (non-hydrogen) atoms. The Labute approximate surface area is 99.0 Å². The molecule has 0 aromatic heterocycles. The van der Waals surface area contributed by atoms with Crippen LogP contribution in [0.25, 0.3) is 0 Å². The first-order valence-electron chi connectivity index (χ1n) is 5.20. The molecule has 0 aliphatic rings. The molecule has 0 amide bonds. The molecule has 0 saturated carbocycles. The van der Waals surface area contributed by atoms with Gasteiger partial charge < -0.3 is 14.6 Å². The second kappa shape index (κ2) is 6.08. The van der Waals surface area contributed by atoms with Gasteiger partial charge in [-0.15, -0.1) is 0 Å². The Morgan fingerprint density at radius 3 is 2.41 bits per heavy atom. The minimum absolute atomic E-state index is 0.0216. The zero-order chi connectivity index (χ0) is 12.8. The van der Waals surface area contributed by atoms with Crippen molar-refractivity contribution >= 4 is 5.97 Å². The van der Waals surface area contributed by atoms with Gasteiger partial charge in [0.15, 0.2) is 11.5 Å². The number of ether oxygens (including phenoxy) is 2. The number of aryl methyl sites for hydroxylation is 1. The number of aliphatic carboxylic acids is 1. The highest BCUT2D eigenvalue weighted by molar-refractivity contribution is 5.66. The maximum Gasteiger partial charge on any atom is 0.303 e. The van der Waals surface area contributed by atoms with Crippen molar-refractivity contribution in [2.75, 3.05) is 14.2 Å². The molecule has 0 radical (unpaired) electrons. The van der Waals surface area contributed by atoms with E-state index < -0.39 is 11.8 Å². The molecule has 1 aromatic carbocycles. The monoisotopic (exact) mass is 242 g/mol. The Hall–Kier alpha value is -1.78. The third kappa shape index (κ3) is 3.62. The molecule has 1 N–H and O–H groups in total. The molecule has 0 atom stereocenters. The lowest BCUT2D eigenvalue weighted by Crippen LogP contribution is -1.99. The summed E-state index contributed by atoms with van der Waals surface area (Å²) in [6.07, 6.45) is 0.772. The van der Waals surface area contributed by atoms with Crippen molar-refractivity contribution < 1.29 is 23.8 Å². The van der Waals surface area contributed by atoms with Crippen LogP contribution >= 0.6 is 0 Å². The predicted molar refractivity (Wildman–Crippen MR) is 60.1 cm³/mol. The molecule has 0 unspecified atom stereocenters. The Morgan fingerprint density at radius 1 is 1.29 bits per heavy atom. The van der Waals surface area contributed by atoms with E-state index in [9.17, 15) is 9.18 Å². The Kier molecular flexibility index (Phi) is 4.75. The summed E-state index contributed by atoms with van der Waals surface area (Å²) < 4.78 is 23.6. The highest BCUT2D eigenvalue weighted by Gasteiger charge is 2.11. The van der Waals surface area contributed by atoms with Gasteiger partial charge in [0.05, 0.1) is 14.2 Å². The number of halogens is 1. The van der Waals surface area contributed by atoms with Gasteiger partial charge in [0, 0.05) is 12.5 Å². The predicted octanol–water partition coefficient (Wildman–Crippen LogP) is 2.25. The van der Waals surface area contributed by atoms with E-state index in [1.165, 1.54) is 26.4 Å². The fraction of sp³-hybridized carbons (Fsp3) is 0.417. The van der Waals surface area contributed by atoms with E-state index in [1.807, 2.05) is 0 Å². The topological polar surface area (TPSA) is 55.8 Å². The lowest BCUT2D eigenvalue weighted by molar-refractivity contribution is -0.137. The number of carbonyl (C=O) groups is 1. The van der Waals surface area contributed by atoms with Crippen molar-refractivity contribution in [3.8, 4) is 11.5 Å².